The Balaban J connectivity index is 1.51. The molecule has 0 spiro atoms. The lowest BCUT2D eigenvalue weighted by Crippen LogP contribution is -2.32. The number of ether oxygens (including phenoxy) is 2. The van der Waals surface area contributed by atoms with Gasteiger partial charge in [-0.05, 0) is 56.1 Å². The van der Waals surface area contributed by atoms with Crippen LogP contribution in [0.2, 0.25) is 0 Å². The van der Waals surface area contributed by atoms with Crippen molar-refractivity contribution < 1.29 is 19.4 Å². The standard InChI is InChI=1S/C31H40O4/c1-30(18-8-6-15-27(30)17-23-35-25-29(33)34-2)19-9-7-16-28(32)24-31(21-11-22-31)20-10-14-26-12-4-3-5-13-26/h3-5,7,9,12-13,16-17,19,28,32H,6,8,11,15,18,20-25H2,1-2H3/b16-7+,19-9+,27-17+/t28?,30-/m0/s1. The summed E-state index contributed by atoms with van der Waals surface area (Å²) in [7, 11) is 1.36. The zero-order valence-corrected chi connectivity index (χ0v) is 21.3. The molecule has 1 aromatic carbocycles. The molecule has 0 aromatic heterocycles. The molecule has 0 heterocycles. The third-order valence-corrected chi connectivity index (χ3v) is 7.46. The van der Waals surface area contributed by atoms with Crippen LogP contribution in [0.3, 0.4) is 0 Å². The molecule has 2 saturated carbocycles. The first kappa shape index (κ1) is 27.0. The smallest absolute Gasteiger partial charge is 0.331 e. The van der Waals surface area contributed by atoms with Crippen molar-refractivity contribution in [3.8, 4) is 11.8 Å². The number of aliphatic hydroxyl groups excluding tert-OH is 1. The van der Waals surface area contributed by atoms with Gasteiger partial charge in [-0.3, -0.25) is 0 Å². The number of aliphatic hydroxyl groups is 1. The summed E-state index contributed by atoms with van der Waals surface area (Å²) in [6.07, 6.45) is 19.5. The molecule has 2 fully saturated rings. The van der Waals surface area contributed by atoms with Gasteiger partial charge in [-0.2, -0.15) is 0 Å². The quantitative estimate of drug-likeness (QED) is 0.144. The molecule has 1 aromatic rings. The van der Waals surface area contributed by atoms with Crippen molar-refractivity contribution in [2.75, 3.05) is 20.3 Å². The lowest BCUT2D eigenvalue weighted by molar-refractivity contribution is -0.145. The van der Waals surface area contributed by atoms with E-state index in [1.165, 1.54) is 31.9 Å². The molecule has 0 aliphatic heterocycles. The second-order valence-corrected chi connectivity index (χ2v) is 10.2. The number of hydrogen-bond donors (Lipinski definition) is 1. The summed E-state index contributed by atoms with van der Waals surface area (Å²) >= 11 is 0. The molecule has 2 aliphatic rings. The summed E-state index contributed by atoms with van der Waals surface area (Å²) in [5, 5.41) is 10.7. The van der Waals surface area contributed by atoms with Crippen molar-refractivity contribution >= 4 is 5.97 Å². The second kappa shape index (κ2) is 13.5. The lowest BCUT2D eigenvalue weighted by atomic mass is 9.64. The van der Waals surface area contributed by atoms with E-state index in [0.717, 1.165) is 44.1 Å². The predicted molar refractivity (Wildman–Crippen MR) is 141 cm³/mol. The maximum Gasteiger partial charge on any atom is 0.331 e. The van der Waals surface area contributed by atoms with Gasteiger partial charge >= 0.3 is 5.97 Å². The Morgan fingerprint density at radius 1 is 1.14 bits per heavy atom. The fourth-order valence-corrected chi connectivity index (χ4v) is 5.10. The monoisotopic (exact) mass is 476 g/mol. The molecule has 0 saturated heterocycles. The zero-order chi connectivity index (χ0) is 25.0. The Morgan fingerprint density at radius 3 is 2.66 bits per heavy atom. The summed E-state index contributed by atoms with van der Waals surface area (Å²) < 4.78 is 10.0. The molecule has 0 radical (unpaired) electrons. The summed E-state index contributed by atoms with van der Waals surface area (Å²) in [4.78, 5) is 11.2. The fraction of sp³-hybridized carbons (Fsp3) is 0.516. The predicted octanol–water partition coefficient (Wildman–Crippen LogP) is 6.16. The fourth-order valence-electron chi connectivity index (χ4n) is 5.10. The van der Waals surface area contributed by atoms with Crippen molar-refractivity contribution in [2.45, 2.75) is 70.8 Å². The van der Waals surface area contributed by atoms with Gasteiger partial charge in [0.25, 0.3) is 0 Å². The van der Waals surface area contributed by atoms with Crippen LogP contribution in [0.15, 0.2) is 66.3 Å². The average Bonchev–Trinajstić information content (AvgIpc) is 2.84. The van der Waals surface area contributed by atoms with Crippen LogP contribution in [0.4, 0.5) is 0 Å². The van der Waals surface area contributed by atoms with Gasteiger partial charge in [0.05, 0.1) is 19.8 Å². The van der Waals surface area contributed by atoms with E-state index >= 15 is 0 Å². The van der Waals surface area contributed by atoms with Crippen molar-refractivity contribution in [3.63, 3.8) is 0 Å². The first-order valence-electron chi connectivity index (χ1n) is 12.9. The van der Waals surface area contributed by atoms with Gasteiger partial charge in [-0.1, -0.05) is 85.8 Å². The third kappa shape index (κ3) is 8.53. The number of allylic oxidation sites excluding steroid dienone is 4. The van der Waals surface area contributed by atoms with E-state index in [1.54, 1.807) is 0 Å². The molecule has 3 rings (SSSR count). The summed E-state index contributed by atoms with van der Waals surface area (Å²) in [6, 6.07) is 10.1. The van der Waals surface area contributed by atoms with Gasteiger partial charge in [0.2, 0.25) is 0 Å². The van der Waals surface area contributed by atoms with Crippen molar-refractivity contribution in [3.05, 3.63) is 71.8 Å². The van der Waals surface area contributed by atoms with Crippen molar-refractivity contribution in [2.24, 2.45) is 10.8 Å². The SMILES string of the molecule is COC(=O)COC/C=C1\CCCC[C@@]1(C)/C=C/C=C/C(O)CC1(CC#Cc2ccccc2)CCC1. The van der Waals surface area contributed by atoms with Crippen LogP contribution in [0.5, 0.6) is 0 Å². The minimum Gasteiger partial charge on any atom is -0.467 e. The second-order valence-electron chi connectivity index (χ2n) is 10.2. The van der Waals surface area contributed by atoms with E-state index in [-0.39, 0.29) is 23.4 Å². The number of benzene rings is 1. The average molecular weight is 477 g/mol. The number of rotatable bonds is 10. The highest BCUT2D eigenvalue weighted by Crippen LogP contribution is 2.47. The topological polar surface area (TPSA) is 55.8 Å². The number of hydrogen-bond acceptors (Lipinski definition) is 4. The Kier molecular flexibility index (Phi) is 10.4. The van der Waals surface area contributed by atoms with E-state index in [0.29, 0.717) is 6.61 Å². The first-order chi connectivity index (χ1) is 16.9. The molecular formula is C31H40O4. The van der Waals surface area contributed by atoms with Crippen molar-refractivity contribution in [1.82, 2.24) is 0 Å². The molecule has 1 unspecified atom stereocenters. The number of carbonyl (C=O) groups is 1. The van der Waals surface area contributed by atoms with Gasteiger partial charge in [-0.15, -0.1) is 0 Å². The Hall–Kier alpha value is -2.61. The molecule has 35 heavy (non-hydrogen) atoms. The normalized spacial score (nSPS) is 23.6. The molecule has 188 valence electrons. The molecule has 0 amide bonds. The molecule has 2 atom stereocenters. The number of methoxy groups -OCH3 is 1. The maximum absolute atomic E-state index is 11.2. The van der Waals surface area contributed by atoms with Crippen LogP contribution in [-0.2, 0) is 14.3 Å². The van der Waals surface area contributed by atoms with E-state index in [1.807, 2.05) is 42.5 Å². The third-order valence-electron chi connectivity index (χ3n) is 7.46. The Morgan fingerprint density at radius 2 is 1.94 bits per heavy atom. The number of carbonyl (C=O) groups excluding carboxylic acids is 1. The van der Waals surface area contributed by atoms with E-state index < -0.39 is 6.10 Å². The zero-order valence-electron chi connectivity index (χ0n) is 21.3. The van der Waals surface area contributed by atoms with Crippen molar-refractivity contribution in [1.29, 1.82) is 0 Å². The lowest BCUT2D eigenvalue weighted by Gasteiger charge is -2.41. The Bertz CT molecular complexity index is 959. The summed E-state index contributed by atoms with van der Waals surface area (Å²) in [6.45, 7) is 2.65. The molecule has 0 bridgehead atoms. The molecule has 2 aliphatic carbocycles. The van der Waals surface area contributed by atoms with Gasteiger partial charge in [-0.25, -0.2) is 4.79 Å². The molecule has 4 heteroatoms. The summed E-state index contributed by atoms with van der Waals surface area (Å²) in [5.74, 6) is 6.27. The van der Waals surface area contributed by atoms with Crippen LogP contribution in [0.1, 0.15) is 70.3 Å². The minimum atomic E-state index is -0.459. The highest BCUT2D eigenvalue weighted by atomic mass is 16.6. The van der Waals surface area contributed by atoms with Crippen LogP contribution in [0.25, 0.3) is 0 Å². The first-order valence-corrected chi connectivity index (χ1v) is 12.9. The van der Waals surface area contributed by atoms with Crippen LogP contribution in [0, 0.1) is 22.7 Å². The summed E-state index contributed by atoms with van der Waals surface area (Å²) in [5.41, 5.74) is 2.52. The highest BCUT2D eigenvalue weighted by molar-refractivity contribution is 5.70. The highest BCUT2D eigenvalue weighted by Gasteiger charge is 2.37. The van der Waals surface area contributed by atoms with Crippen LogP contribution in [-0.4, -0.2) is 37.5 Å². The van der Waals surface area contributed by atoms with E-state index in [2.05, 4.69) is 41.7 Å². The minimum absolute atomic E-state index is 0.0210. The maximum atomic E-state index is 11.2. The molecular weight excluding hydrogens is 436 g/mol. The van der Waals surface area contributed by atoms with Gasteiger partial charge in [0, 0.05) is 17.4 Å². The number of esters is 1. The van der Waals surface area contributed by atoms with Gasteiger partial charge in [0.1, 0.15) is 6.61 Å². The van der Waals surface area contributed by atoms with E-state index in [4.69, 9.17) is 4.74 Å². The molecule has 1 N–H and O–H groups in total. The largest absolute Gasteiger partial charge is 0.467 e. The van der Waals surface area contributed by atoms with Gasteiger partial charge < -0.3 is 14.6 Å². The Labute approximate surface area is 211 Å². The van der Waals surface area contributed by atoms with Gasteiger partial charge in [0.15, 0.2) is 0 Å². The molecule has 4 nitrogen and oxygen atoms in total. The van der Waals surface area contributed by atoms with E-state index in [9.17, 15) is 9.90 Å². The van der Waals surface area contributed by atoms with Crippen LogP contribution >= 0.6 is 0 Å². The van der Waals surface area contributed by atoms with Crippen LogP contribution < -0.4 is 0 Å².